The molecule has 4 atom stereocenters. The Morgan fingerprint density at radius 1 is 1.06 bits per heavy atom. The van der Waals surface area contributed by atoms with Gasteiger partial charge in [0.2, 0.25) is 0 Å². The maximum absolute atomic E-state index is 10.9. The van der Waals surface area contributed by atoms with Crippen molar-refractivity contribution >= 4 is 16.7 Å². The van der Waals surface area contributed by atoms with Crippen LogP contribution in [0.1, 0.15) is 61.6 Å². The third-order valence-corrected chi connectivity index (χ3v) is 9.04. The molecule has 6 rings (SSSR count). The molecule has 3 aliphatic rings. The second kappa shape index (κ2) is 9.78. The van der Waals surface area contributed by atoms with Crippen LogP contribution in [0.4, 0.5) is 0 Å². The molecule has 3 aromatic carbocycles. The van der Waals surface area contributed by atoms with E-state index in [4.69, 9.17) is 9.84 Å². The van der Waals surface area contributed by atoms with E-state index in [1.165, 1.54) is 56.2 Å². The number of piperidine rings is 1. The van der Waals surface area contributed by atoms with Gasteiger partial charge in [0.25, 0.3) is 0 Å². The van der Waals surface area contributed by atoms with E-state index in [1.54, 1.807) is 14.0 Å². The summed E-state index contributed by atoms with van der Waals surface area (Å²) in [5.41, 5.74) is 4.17. The molecule has 1 aliphatic heterocycles. The van der Waals surface area contributed by atoms with Crippen LogP contribution in [0.25, 0.3) is 10.8 Å². The zero-order chi connectivity index (χ0) is 25.4. The molecular weight excluding hydrogens is 450 g/mol. The molecule has 1 heterocycles. The highest BCUT2D eigenvalue weighted by Crippen LogP contribution is 2.55. The molecule has 0 aromatic heterocycles. The monoisotopic (exact) mass is 487 g/mol. The number of nitrogens with zero attached hydrogens (tertiary/aromatic N) is 1. The van der Waals surface area contributed by atoms with Crippen molar-refractivity contribution in [2.75, 3.05) is 20.7 Å². The molecule has 1 saturated carbocycles. The van der Waals surface area contributed by atoms with Crippen LogP contribution in [-0.2, 0) is 16.6 Å². The van der Waals surface area contributed by atoms with Crippen molar-refractivity contribution in [1.29, 1.82) is 0 Å². The van der Waals surface area contributed by atoms with E-state index in [1.807, 2.05) is 42.5 Å². The third-order valence-electron chi connectivity index (χ3n) is 9.04. The highest BCUT2D eigenvalue weighted by atomic mass is 16.5. The molecule has 2 fully saturated rings. The van der Waals surface area contributed by atoms with Gasteiger partial charge in [0, 0.05) is 11.5 Å². The Bertz CT molecular complexity index is 1270. The summed E-state index contributed by atoms with van der Waals surface area (Å²) in [5.74, 6) is 0.778. The van der Waals surface area contributed by atoms with E-state index >= 15 is 0 Å². The van der Waals surface area contributed by atoms with Crippen molar-refractivity contribution in [3.63, 3.8) is 0 Å². The summed E-state index contributed by atoms with van der Waals surface area (Å²) in [6, 6.07) is 18.3. The molecule has 1 saturated heterocycles. The Hall–Kier alpha value is -3.05. The molecule has 1 unspecified atom stereocenters. The molecule has 0 amide bonds. The first-order chi connectivity index (χ1) is 17.3. The predicted molar refractivity (Wildman–Crippen MR) is 143 cm³/mol. The molecule has 3 aromatic rings. The molecular formula is C31H37NO4. The number of hydrogen-bond donors (Lipinski definition) is 2. The summed E-state index contributed by atoms with van der Waals surface area (Å²) in [5, 5.41) is 21.0. The number of fused-ring (bicyclic) bond motifs is 2. The first kappa shape index (κ1) is 24.6. The topological polar surface area (TPSA) is 70.0 Å². The fourth-order valence-corrected chi connectivity index (χ4v) is 6.97. The van der Waals surface area contributed by atoms with E-state index in [-0.39, 0.29) is 0 Å². The minimum atomic E-state index is -0.808. The molecule has 5 heteroatoms. The Labute approximate surface area is 213 Å². The number of hydrogen-bond acceptors (Lipinski definition) is 4. The van der Waals surface area contributed by atoms with E-state index < -0.39 is 11.9 Å². The van der Waals surface area contributed by atoms with Gasteiger partial charge in [-0.05, 0) is 104 Å². The molecule has 0 spiro atoms. The van der Waals surface area contributed by atoms with Gasteiger partial charge >= 0.3 is 5.97 Å². The molecule has 36 heavy (non-hydrogen) atoms. The van der Waals surface area contributed by atoms with Gasteiger partial charge < -0.3 is 19.8 Å². The first-order valence-corrected chi connectivity index (χ1v) is 13.2. The smallest absolute Gasteiger partial charge is 0.310 e. The lowest BCUT2D eigenvalue weighted by molar-refractivity contribution is -0.138. The van der Waals surface area contributed by atoms with Crippen LogP contribution in [0.3, 0.4) is 0 Å². The second-order valence-corrected chi connectivity index (χ2v) is 10.9. The Balaban J connectivity index is 0.000000149. The zero-order valence-electron chi connectivity index (χ0n) is 21.5. The van der Waals surface area contributed by atoms with E-state index in [2.05, 4.69) is 24.1 Å². The zero-order valence-corrected chi connectivity index (χ0v) is 21.5. The summed E-state index contributed by atoms with van der Waals surface area (Å²) >= 11 is 0. The quantitative estimate of drug-likeness (QED) is 0.466. The Kier molecular flexibility index (Phi) is 6.69. The van der Waals surface area contributed by atoms with Crippen molar-refractivity contribution in [3.8, 4) is 11.5 Å². The van der Waals surface area contributed by atoms with Gasteiger partial charge in [0.1, 0.15) is 11.5 Å². The number of carbonyl (C=O) groups is 1. The fourth-order valence-electron chi connectivity index (χ4n) is 6.97. The summed E-state index contributed by atoms with van der Waals surface area (Å²) in [4.78, 5) is 13.5. The Morgan fingerprint density at radius 2 is 1.83 bits per heavy atom. The van der Waals surface area contributed by atoms with Crippen molar-refractivity contribution in [1.82, 2.24) is 4.90 Å². The SMILES string of the molecule is CN1CC[C@]23CCCC[C@H]2[C@@H]1Cc1ccc(O)cc13.COc1ccc2cc(C(C)C(=O)O)ccc2c1. The summed E-state index contributed by atoms with van der Waals surface area (Å²) in [7, 11) is 3.93. The van der Waals surface area contributed by atoms with Crippen molar-refractivity contribution in [3.05, 3.63) is 71.3 Å². The number of carboxylic acids is 1. The number of likely N-dealkylation sites (tertiary alicyclic amines) is 1. The van der Waals surface area contributed by atoms with Crippen LogP contribution in [0.5, 0.6) is 11.5 Å². The normalized spacial score (nSPS) is 25.6. The standard InChI is InChI=1S/C17H23NO.C14H14O3/c1-18-9-8-17-7-3-2-4-14(17)16(18)10-12-5-6-13(19)11-15(12)17;1-9(14(15)16)10-3-4-12-8-13(17-2)6-5-11(12)7-10/h5-6,11,14,16,19H,2-4,7-10H2,1H3;3-9H,1-2H3,(H,15,16)/t14-,16-,17+;/m0./s1. The summed E-state index contributed by atoms with van der Waals surface area (Å²) in [6.07, 6.45) is 7.93. The largest absolute Gasteiger partial charge is 0.508 e. The highest BCUT2D eigenvalue weighted by molar-refractivity contribution is 5.86. The van der Waals surface area contributed by atoms with Gasteiger partial charge in [-0.2, -0.15) is 0 Å². The molecule has 2 bridgehead atoms. The van der Waals surface area contributed by atoms with Crippen LogP contribution in [0.2, 0.25) is 0 Å². The van der Waals surface area contributed by atoms with Gasteiger partial charge in [-0.15, -0.1) is 0 Å². The number of ether oxygens (including phenoxy) is 1. The van der Waals surface area contributed by atoms with E-state index in [0.29, 0.717) is 11.2 Å². The average Bonchev–Trinajstić information content (AvgIpc) is 2.90. The second-order valence-electron chi connectivity index (χ2n) is 10.9. The number of methoxy groups -OCH3 is 1. The number of phenols is 1. The molecule has 2 aliphatic carbocycles. The fraction of sp³-hybridized carbons (Fsp3) is 0.452. The van der Waals surface area contributed by atoms with Crippen molar-refractivity contribution in [2.24, 2.45) is 5.92 Å². The van der Waals surface area contributed by atoms with Gasteiger partial charge in [0.05, 0.1) is 13.0 Å². The van der Waals surface area contributed by atoms with Crippen molar-refractivity contribution < 1.29 is 19.7 Å². The van der Waals surface area contributed by atoms with E-state index in [9.17, 15) is 9.90 Å². The highest BCUT2D eigenvalue weighted by Gasteiger charge is 2.53. The van der Waals surface area contributed by atoms with E-state index in [0.717, 1.165) is 34.0 Å². The number of phenolic OH excluding ortho intramolecular Hbond substituents is 1. The maximum Gasteiger partial charge on any atom is 0.310 e. The van der Waals surface area contributed by atoms with Gasteiger partial charge in [0.15, 0.2) is 0 Å². The molecule has 2 N–H and O–H groups in total. The van der Waals surface area contributed by atoms with Crippen LogP contribution >= 0.6 is 0 Å². The number of benzene rings is 3. The van der Waals surface area contributed by atoms with Gasteiger partial charge in [-0.25, -0.2) is 0 Å². The van der Waals surface area contributed by atoms with Gasteiger partial charge in [-0.1, -0.05) is 43.2 Å². The minimum Gasteiger partial charge on any atom is -0.508 e. The molecule has 5 nitrogen and oxygen atoms in total. The lowest BCUT2D eigenvalue weighted by atomic mass is 9.52. The number of aromatic hydroxyl groups is 1. The number of aliphatic carboxylic acids is 1. The maximum atomic E-state index is 10.9. The predicted octanol–water partition coefficient (Wildman–Crippen LogP) is 6.12. The van der Waals surface area contributed by atoms with Gasteiger partial charge in [-0.3, -0.25) is 4.79 Å². The summed E-state index contributed by atoms with van der Waals surface area (Å²) < 4.78 is 5.14. The lowest BCUT2D eigenvalue weighted by Crippen LogP contribution is -2.59. The molecule has 0 radical (unpaired) electrons. The van der Waals surface area contributed by atoms with Crippen LogP contribution < -0.4 is 4.74 Å². The average molecular weight is 488 g/mol. The van der Waals surface area contributed by atoms with Crippen LogP contribution in [0, 0.1) is 5.92 Å². The lowest BCUT2D eigenvalue weighted by Gasteiger charge is -2.58. The Morgan fingerprint density at radius 3 is 2.61 bits per heavy atom. The number of carboxylic acid groups (broad SMARTS) is 1. The van der Waals surface area contributed by atoms with Crippen LogP contribution in [-0.4, -0.2) is 47.8 Å². The van der Waals surface area contributed by atoms with Crippen LogP contribution in [0.15, 0.2) is 54.6 Å². The molecule has 190 valence electrons. The summed E-state index contributed by atoms with van der Waals surface area (Å²) in [6.45, 7) is 2.91. The first-order valence-electron chi connectivity index (χ1n) is 13.2. The third kappa shape index (κ3) is 4.34. The van der Waals surface area contributed by atoms with Crippen molar-refractivity contribution in [2.45, 2.75) is 62.8 Å². The number of rotatable bonds is 3. The number of likely N-dealkylation sites (N-methyl/N-ethyl adjacent to an activating group) is 1. The minimum absolute atomic E-state index is 0.377.